The third-order valence-electron chi connectivity index (χ3n) is 6.06. The highest BCUT2D eigenvalue weighted by atomic mass is 32.2. The van der Waals surface area contributed by atoms with Gasteiger partial charge in [-0.1, -0.05) is 18.2 Å². The first-order valence-electron chi connectivity index (χ1n) is 12.3. The lowest BCUT2D eigenvalue weighted by molar-refractivity contribution is -0.142. The van der Waals surface area contributed by atoms with Crippen molar-refractivity contribution < 1.29 is 34.2 Å². The highest BCUT2D eigenvalue weighted by molar-refractivity contribution is 7.98. The minimum atomic E-state index is -1.46. The average molecular weight is 565 g/mol. The van der Waals surface area contributed by atoms with Crippen LogP contribution in [0.5, 0.6) is 0 Å². The molecule has 0 saturated heterocycles. The van der Waals surface area contributed by atoms with Gasteiger partial charge in [-0.2, -0.15) is 11.8 Å². The van der Waals surface area contributed by atoms with Gasteiger partial charge in [0.15, 0.2) is 0 Å². The van der Waals surface area contributed by atoms with E-state index < -0.39 is 59.9 Å². The Morgan fingerprint density at radius 3 is 2.28 bits per heavy atom. The molecule has 0 saturated carbocycles. The van der Waals surface area contributed by atoms with Crippen molar-refractivity contribution in [3.63, 3.8) is 0 Å². The summed E-state index contributed by atoms with van der Waals surface area (Å²) in [6, 6.07) is 2.17. The van der Waals surface area contributed by atoms with Crippen LogP contribution in [0.2, 0.25) is 0 Å². The fourth-order valence-corrected chi connectivity index (χ4v) is 4.34. The topological polar surface area (TPSA) is 230 Å². The standard InChI is InChI=1S/C25H36N6O7S/c1-13(32)21(31-22(34)16(26)9-10-39-2)24(36)29-18(7-8-20(27)33)23(35)30-19(25(37)38)11-14-12-28-17-6-4-3-5-15(14)17/h3-6,12-13,16,18-19,21,28,32H,7-11,26H2,1-2H3,(H2,27,33)(H,29,36)(H,30,35)(H,31,34)(H,37,38). The number of aliphatic hydroxyl groups excluding tert-OH is 1. The fourth-order valence-electron chi connectivity index (χ4n) is 3.85. The van der Waals surface area contributed by atoms with Gasteiger partial charge in [0.2, 0.25) is 23.6 Å². The second-order valence-electron chi connectivity index (χ2n) is 9.14. The molecule has 10 N–H and O–H groups in total. The van der Waals surface area contributed by atoms with Crippen molar-refractivity contribution in [1.29, 1.82) is 0 Å². The molecule has 5 unspecified atom stereocenters. The van der Waals surface area contributed by atoms with Crippen LogP contribution in [-0.4, -0.2) is 87.1 Å². The summed E-state index contributed by atoms with van der Waals surface area (Å²) in [7, 11) is 0. The Balaban J connectivity index is 2.17. The van der Waals surface area contributed by atoms with E-state index in [1.807, 2.05) is 24.5 Å². The van der Waals surface area contributed by atoms with Crippen molar-refractivity contribution in [2.75, 3.05) is 12.0 Å². The molecule has 0 aliphatic carbocycles. The van der Waals surface area contributed by atoms with Gasteiger partial charge in [0.05, 0.1) is 12.1 Å². The molecular formula is C25H36N6O7S. The number of fused-ring (bicyclic) bond motifs is 1. The highest BCUT2D eigenvalue weighted by Gasteiger charge is 2.32. The van der Waals surface area contributed by atoms with Crippen molar-refractivity contribution in [2.45, 2.75) is 62.9 Å². The molecule has 14 heteroatoms. The number of rotatable bonds is 16. The Bertz CT molecular complexity index is 1170. The number of carboxylic acid groups (broad SMARTS) is 1. The Morgan fingerprint density at radius 2 is 1.67 bits per heavy atom. The van der Waals surface area contributed by atoms with E-state index >= 15 is 0 Å². The first kappa shape index (κ1) is 31.6. The number of carbonyl (C=O) groups excluding carboxylic acids is 4. The second-order valence-corrected chi connectivity index (χ2v) is 10.1. The van der Waals surface area contributed by atoms with Crippen LogP contribution in [0.15, 0.2) is 30.5 Å². The summed E-state index contributed by atoms with van der Waals surface area (Å²) < 4.78 is 0. The minimum Gasteiger partial charge on any atom is -0.480 e. The molecule has 0 aliphatic rings. The first-order valence-corrected chi connectivity index (χ1v) is 13.7. The summed E-state index contributed by atoms with van der Waals surface area (Å²) in [5.74, 6) is -3.88. The van der Waals surface area contributed by atoms with Gasteiger partial charge in [0, 0.05) is 29.9 Å². The first-order chi connectivity index (χ1) is 18.4. The van der Waals surface area contributed by atoms with Crippen LogP contribution < -0.4 is 27.4 Å². The lowest BCUT2D eigenvalue weighted by atomic mass is 10.0. The summed E-state index contributed by atoms with van der Waals surface area (Å²) in [5, 5.41) is 27.9. The predicted octanol–water partition coefficient (Wildman–Crippen LogP) is -1.02. The molecule has 0 spiro atoms. The molecule has 1 heterocycles. The largest absolute Gasteiger partial charge is 0.480 e. The van der Waals surface area contributed by atoms with Crippen LogP contribution in [0.1, 0.15) is 31.7 Å². The summed E-state index contributed by atoms with van der Waals surface area (Å²) in [4.78, 5) is 65.0. The Morgan fingerprint density at radius 1 is 1.00 bits per heavy atom. The summed E-state index contributed by atoms with van der Waals surface area (Å²) >= 11 is 1.49. The van der Waals surface area contributed by atoms with E-state index in [1.165, 1.54) is 18.7 Å². The third-order valence-corrected chi connectivity index (χ3v) is 6.70. The maximum Gasteiger partial charge on any atom is 0.326 e. The molecule has 1 aromatic heterocycles. The van der Waals surface area contributed by atoms with Crippen LogP contribution in [0.4, 0.5) is 0 Å². The highest BCUT2D eigenvalue weighted by Crippen LogP contribution is 2.19. The number of thioether (sulfide) groups is 1. The van der Waals surface area contributed by atoms with Gasteiger partial charge in [0.25, 0.3) is 0 Å². The zero-order chi connectivity index (χ0) is 29.1. The molecule has 0 radical (unpaired) electrons. The molecule has 13 nitrogen and oxygen atoms in total. The van der Waals surface area contributed by atoms with E-state index in [2.05, 4.69) is 20.9 Å². The monoisotopic (exact) mass is 564 g/mol. The number of nitrogens with one attached hydrogen (secondary N) is 4. The maximum atomic E-state index is 13.1. The number of aliphatic carboxylic acids is 1. The number of aliphatic hydroxyl groups is 1. The van der Waals surface area contributed by atoms with Gasteiger partial charge in [0.1, 0.15) is 18.1 Å². The molecule has 0 aliphatic heterocycles. The van der Waals surface area contributed by atoms with Crippen LogP contribution in [0.3, 0.4) is 0 Å². The number of hydrogen-bond donors (Lipinski definition) is 8. The van der Waals surface area contributed by atoms with Crippen molar-refractivity contribution in [2.24, 2.45) is 11.5 Å². The number of primary amides is 1. The Hall–Kier alpha value is -3.62. The molecular weight excluding hydrogens is 528 g/mol. The number of carboxylic acids is 1. The number of aromatic nitrogens is 1. The minimum absolute atomic E-state index is 0.0537. The number of carbonyl (C=O) groups is 5. The van der Waals surface area contributed by atoms with Crippen molar-refractivity contribution >= 4 is 52.3 Å². The average Bonchev–Trinajstić information content (AvgIpc) is 3.29. The van der Waals surface area contributed by atoms with Gasteiger partial charge in [-0.25, -0.2) is 4.79 Å². The number of aromatic amines is 1. The molecule has 0 bridgehead atoms. The Labute approximate surface area is 229 Å². The third kappa shape index (κ3) is 9.57. The number of amides is 4. The number of para-hydroxylation sites is 1. The van der Waals surface area contributed by atoms with Crippen molar-refractivity contribution in [3.8, 4) is 0 Å². The summed E-state index contributed by atoms with van der Waals surface area (Å²) in [6.07, 6.45) is 1.92. The number of benzene rings is 1. The van der Waals surface area contributed by atoms with Gasteiger partial charge in [-0.05, 0) is 43.4 Å². The van der Waals surface area contributed by atoms with Gasteiger partial charge < -0.3 is 42.6 Å². The van der Waals surface area contributed by atoms with Crippen molar-refractivity contribution in [1.82, 2.24) is 20.9 Å². The van der Waals surface area contributed by atoms with Crippen molar-refractivity contribution in [3.05, 3.63) is 36.0 Å². The van der Waals surface area contributed by atoms with E-state index in [1.54, 1.807) is 12.3 Å². The van der Waals surface area contributed by atoms with E-state index in [4.69, 9.17) is 11.5 Å². The molecule has 0 fully saturated rings. The number of nitrogens with two attached hydrogens (primary N) is 2. The zero-order valence-corrected chi connectivity index (χ0v) is 22.6. The molecule has 1 aromatic carbocycles. The predicted molar refractivity (Wildman–Crippen MR) is 147 cm³/mol. The molecule has 2 aromatic rings. The zero-order valence-electron chi connectivity index (χ0n) is 21.8. The lowest BCUT2D eigenvalue weighted by Crippen LogP contribution is -2.60. The molecule has 39 heavy (non-hydrogen) atoms. The lowest BCUT2D eigenvalue weighted by Gasteiger charge is -2.26. The molecule has 4 amide bonds. The summed E-state index contributed by atoms with van der Waals surface area (Å²) in [6.45, 7) is 1.28. The quantitative estimate of drug-likeness (QED) is 0.124. The normalized spacial score (nSPS) is 15.0. The SMILES string of the molecule is CSCCC(N)C(=O)NC(C(=O)NC(CCC(N)=O)C(=O)NC(Cc1c[nH]c2ccccc12)C(=O)O)C(C)O. The fraction of sp³-hybridized carbons (Fsp3) is 0.480. The number of hydrogen-bond acceptors (Lipinski definition) is 8. The van der Waals surface area contributed by atoms with Crippen LogP contribution >= 0.6 is 11.8 Å². The van der Waals surface area contributed by atoms with Gasteiger partial charge in [-0.3, -0.25) is 19.2 Å². The smallest absolute Gasteiger partial charge is 0.326 e. The maximum absolute atomic E-state index is 13.1. The molecule has 214 valence electrons. The van der Waals surface area contributed by atoms with Crippen LogP contribution in [0, 0.1) is 0 Å². The summed E-state index contributed by atoms with van der Waals surface area (Å²) in [5.41, 5.74) is 12.5. The van der Waals surface area contributed by atoms with E-state index in [0.717, 1.165) is 10.9 Å². The van der Waals surface area contributed by atoms with Crippen LogP contribution in [0.25, 0.3) is 10.9 Å². The van der Waals surface area contributed by atoms with Gasteiger partial charge >= 0.3 is 5.97 Å². The van der Waals surface area contributed by atoms with Crippen LogP contribution in [-0.2, 0) is 30.4 Å². The Kier molecular flexibility index (Phi) is 12.2. The number of H-pyrrole nitrogens is 1. The second kappa shape index (κ2) is 15.1. The van der Waals surface area contributed by atoms with Gasteiger partial charge in [-0.15, -0.1) is 0 Å². The molecule has 5 atom stereocenters. The van der Waals surface area contributed by atoms with E-state index in [-0.39, 0.29) is 19.3 Å². The van der Waals surface area contributed by atoms with E-state index in [0.29, 0.717) is 17.7 Å². The molecule has 2 rings (SSSR count). The van der Waals surface area contributed by atoms with E-state index in [9.17, 15) is 34.2 Å².